The molecule has 0 aromatic heterocycles. The van der Waals surface area contributed by atoms with Crippen molar-refractivity contribution in [2.24, 2.45) is 0 Å². The molecule has 0 aliphatic heterocycles. The third kappa shape index (κ3) is 5.58. The van der Waals surface area contributed by atoms with Gasteiger partial charge in [0.2, 0.25) is 0 Å². The second kappa shape index (κ2) is 7.96. The van der Waals surface area contributed by atoms with E-state index in [1.807, 2.05) is 13.8 Å². The van der Waals surface area contributed by atoms with Gasteiger partial charge < -0.3 is 4.74 Å². The lowest BCUT2D eigenvalue weighted by atomic mass is 10.2. The van der Waals surface area contributed by atoms with Crippen LogP contribution in [0.3, 0.4) is 0 Å². The number of carbonyl (C=O) groups is 1. The van der Waals surface area contributed by atoms with Crippen molar-refractivity contribution in [1.29, 1.82) is 0 Å². The van der Waals surface area contributed by atoms with Crippen LogP contribution in [0.5, 0.6) is 0 Å². The maximum atomic E-state index is 10.3. The second-order valence-corrected chi connectivity index (χ2v) is 3.02. The van der Waals surface area contributed by atoms with E-state index in [1.165, 1.54) is 7.05 Å². The molecule has 0 heterocycles. The van der Waals surface area contributed by atoms with Crippen LogP contribution in [-0.4, -0.2) is 17.7 Å². The number of halogens is 1. The minimum atomic E-state index is -0.826. The number of nitrogens with zero attached hydrogens (tertiary/aromatic N) is 1. The summed E-state index contributed by atoms with van der Waals surface area (Å²) in [5.74, 6) is 0. The van der Waals surface area contributed by atoms with Gasteiger partial charge in [-0.1, -0.05) is 26.0 Å². The Morgan fingerprint density at radius 1 is 1.38 bits per heavy atom. The molecule has 0 atom stereocenters. The Hall–Kier alpha value is -1.26. The summed E-state index contributed by atoms with van der Waals surface area (Å²) >= 11 is 5.00. The van der Waals surface area contributed by atoms with E-state index in [4.69, 9.17) is 16.8 Å². The van der Waals surface area contributed by atoms with Crippen molar-refractivity contribution in [1.82, 2.24) is 0 Å². The molecular formula is C11H16ClNO3. The van der Waals surface area contributed by atoms with Crippen LogP contribution in [-0.2, 0) is 11.3 Å². The first-order chi connectivity index (χ1) is 7.59. The minimum absolute atomic E-state index is 0.137. The summed E-state index contributed by atoms with van der Waals surface area (Å²) < 4.78 is 4.58. The van der Waals surface area contributed by atoms with Crippen LogP contribution in [0.2, 0.25) is 0 Å². The molecule has 1 rings (SSSR count). The van der Waals surface area contributed by atoms with Gasteiger partial charge in [-0.15, -0.1) is 0 Å². The molecule has 1 aromatic carbocycles. The van der Waals surface area contributed by atoms with Crippen LogP contribution >= 0.6 is 11.6 Å². The Morgan fingerprint density at radius 3 is 2.25 bits per heavy atom. The van der Waals surface area contributed by atoms with Gasteiger partial charge in [-0.25, -0.2) is 4.79 Å². The highest BCUT2D eigenvalue weighted by Crippen LogP contribution is 2.12. The molecule has 0 aliphatic carbocycles. The lowest BCUT2D eigenvalue weighted by Gasteiger charge is -2.10. The Labute approximate surface area is 100 Å². The molecule has 1 N–H and O–H groups in total. The summed E-state index contributed by atoms with van der Waals surface area (Å²) in [6.45, 7) is 4.14. The van der Waals surface area contributed by atoms with Crippen molar-refractivity contribution in [3.05, 3.63) is 29.8 Å². The van der Waals surface area contributed by atoms with Crippen LogP contribution in [0.4, 0.5) is 10.5 Å². The Morgan fingerprint density at radius 2 is 1.88 bits per heavy atom. The van der Waals surface area contributed by atoms with Crippen LogP contribution < -0.4 is 5.06 Å². The van der Waals surface area contributed by atoms with Gasteiger partial charge >= 0.3 is 5.43 Å². The number of anilines is 1. The van der Waals surface area contributed by atoms with Gasteiger partial charge in [0.1, 0.15) is 6.61 Å². The van der Waals surface area contributed by atoms with E-state index in [-0.39, 0.29) is 6.61 Å². The predicted octanol–water partition coefficient (Wildman–Crippen LogP) is 3.41. The van der Waals surface area contributed by atoms with Gasteiger partial charge in [-0.2, -0.15) is 0 Å². The van der Waals surface area contributed by atoms with E-state index >= 15 is 0 Å². The SMILES string of the molecule is CC.CN(O)c1ccc(COC(=O)Cl)cc1. The molecule has 4 nitrogen and oxygen atoms in total. The number of hydroxylamine groups is 1. The smallest absolute Gasteiger partial charge is 0.404 e. The lowest BCUT2D eigenvalue weighted by Crippen LogP contribution is -2.09. The standard InChI is InChI=1S/C9H10ClNO3.C2H6/c1-11(13)8-4-2-7(3-5-8)6-14-9(10)12;1-2/h2-5,13H,6H2,1H3;1-2H3. The van der Waals surface area contributed by atoms with E-state index < -0.39 is 5.43 Å². The number of hydrogen-bond acceptors (Lipinski definition) is 4. The largest absolute Gasteiger partial charge is 0.449 e. The zero-order valence-corrected chi connectivity index (χ0v) is 10.4. The highest BCUT2D eigenvalue weighted by atomic mass is 35.5. The van der Waals surface area contributed by atoms with Crippen molar-refractivity contribution in [2.45, 2.75) is 20.5 Å². The average Bonchev–Trinajstić information content (AvgIpc) is 2.29. The maximum absolute atomic E-state index is 10.3. The zero-order valence-electron chi connectivity index (χ0n) is 9.61. The first kappa shape index (κ1) is 14.7. The maximum Gasteiger partial charge on any atom is 0.404 e. The molecule has 0 unspecified atom stereocenters. The molecule has 0 saturated heterocycles. The summed E-state index contributed by atoms with van der Waals surface area (Å²) in [7, 11) is 1.52. The molecule has 0 fully saturated rings. The van der Waals surface area contributed by atoms with Crippen molar-refractivity contribution in [2.75, 3.05) is 12.1 Å². The van der Waals surface area contributed by atoms with E-state index in [1.54, 1.807) is 24.3 Å². The highest BCUT2D eigenvalue weighted by Gasteiger charge is 1.99. The van der Waals surface area contributed by atoms with E-state index in [9.17, 15) is 4.79 Å². The van der Waals surface area contributed by atoms with Crippen molar-refractivity contribution >= 4 is 22.7 Å². The molecule has 0 spiro atoms. The van der Waals surface area contributed by atoms with Crippen molar-refractivity contribution < 1.29 is 14.7 Å². The number of hydrogen-bond donors (Lipinski definition) is 1. The normalized spacial score (nSPS) is 8.81. The molecule has 16 heavy (non-hydrogen) atoms. The molecule has 0 radical (unpaired) electrons. The molecule has 5 heteroatoms. The Balaban J connectivity index is 0.00000106. The molecule has 0 amide bonds. The number of ether oxygens (including phenoxy) is 1. The predicted molar refractivity (Wildman–Crippen MR) is 64.0 cm³/mol. The van der Waals surface area contributed by atoms with Gasteiger partial charge in [-0.3, -0.25) is 10.3 Å². The lowest BCUT2D eigenvalue weighted by molar-refractivity contribution is 0.167. The van der Waals surface area contributed by atoms with E-state index in [0.717, 1.165) is 10.6 Å². The fourth-order valence-electron chi connectivity index (χ4n) is 0.948. The summed E-state index contributed by atoms with van der Waals surface area (Å²) in [5.41, 5.74) is 0.643. The summed E-state index contributed by atoms with van der Waals surface area (Å²) in [4.78, 5) is 10.3. The van der Waals surface area contributed by atoms with E-state index in [0.29, 0.717) is 5.69 Å². The molecular weight excluding hydrogens is 230 g/mol. The van der Waals surface area contributed by atoms with Crippen LogP contribution in [0, 0.1) is 0 Å². The number of carbonyl (C=O) groups excluding carboxylic acids is 1. The Bertz CT molecular complexity index is 312. The topological polar surface area (TPSA) is 49.8 Å². The van der Waals surface area contributed by atoms with Gasteiger partial charge in [-0.05, 0) is 17.7 Å². The molecule has 90 valence electrons. The van der Waals surface area contributed by atoms with Gasteiger partial charge in [0, 0.05) is 18.6 Å². The fraction of sp³-hybridized carbons (Fsp3) is 0.364. The molecule has 1 aromatic rings. The second-order valence-electron chi connectivity index (χ2n) is 2.72. The quantitative estimate of drug-likeness (QED) is 0.655. The third-order valence-electron chi connectivity index (χ3n) is 1.66. The van der Waals surface area contributed by atoms with Gasteiger partial charge in [0.15, 0.2) is 0 Å². The minimum Gasteiger partial charge on any atom is -0.449 e. The third-order valence-corrected chi connectivity index (χ3v) is 1.77. The molecule has 0 aliphatic rings. The first-order valence-corrected chi connectivity index (χ1v) is 5.31. The van der Waals surface area contributed by atoms with Crippen LogP contribution in [0.25, 0.3) is 0 Å². The van der Waals surface area contributed by atoms with Crippen LogP contribution in [0.1, 0.15) is 19.4 Å². The zero-order chi connectivity index (χ0) is 12.6. The fourth-order valence-corrected chi connectivity index (χ4v) is 1.00. The molecule has 0 saturated carbocycles. The van der Waals surface area contributed by atoms with E-state index in [2.05, 4.69) is 4.74 Å². The summed E-state index contributed by atoms with van der Waals surface area (Å²) in [6, 6.07) is 6.89. The first-order valence-electron chi connectivity index (χ1n) is 4.93. The summed E-state index contributed by atoms with van der Waals surface area (Å²) in [6.07, 6.45) is 0. The average molecular weight is 246 g/mol. The number of benzene rings is 1. The van der Waals surface area contributed by atoms with Gasteiger partial charge in [0.25, 0.3) is 0 Å². The van der Waals surface area contributed by atoms with Gasteiger partial charge in [0.05, 0.1) is 5.69 Å². The van der Waals surface area contributed by atoms with Crippen LogP contribution in [0.15, 0.2) is 24.3 Å². The summed E-state index contributed by atoms with van der Waals surface area (Å²) in [5, 5.41) is 10.1. The monoisotopic (exact) mass is 245 g/mol. The molecule has 0 bridgehead atoms. The number of rotatable bonds is 3. The highest BCUT2D eigenvalue weighted by molar-refractivity contribution is 6.61. The van der Waals surface area contributed by atoms with Crippen molar-refractivity contribution in [3.63, 3.8) is 0 Å². The Kier molecular flexibility index (Phi) is 7.33. The van der Waals surface area contributed by atoms with Crippen molar-refractivity contribution in [3.8, 4) is 0 Å².